The van der Waals surface area contributed by atoms with Crippen LogP contribution in [0.2, 0.25) is 0 Å². The number of carbonyl (C=O) groups is 1. The number of nitrogens with two attached hydrogens (primary N) is 1. The molecule has 0 spiro atoms. The van der Waals surface area contributed by atoms with E-state index in [0.29, 0.717) is 19.4 Å². The van der Waals surface area contributed by atoms with E-state index >= 15 is 0 Å². The third-order valence-electron chi connectivity index (χ3n) is 8.06. The van der Waals surface area contributed by atoms with E-state index in [9.17, 15) is 9.90 Å². The van der Waals surface area contributed by atoms with Crippen molar-refractivity contribution in [3.8, 4) is 0 Å². The molecule has 2 atom stereocenters. The fourth-order valence-electron chi connectivity index (χ4n) is 5.91. The van der Waals surface area contributed by atoms with Gasteiger partial charge in [-0.05, 0) is 73.5 Å². The van der Waals surface area contributed by atoms with Crippen molar-refractivity contribution in [1.82, 2.24) is 4.90 Å². The number of carbonyl (C=O) groups excluding carboxylic acids is 1. The Hall–Kier alpha value is -3.15. The van der Waals surface area contributed by atoms with Crippen LogP contribution in [-0.4, -0.2) is 41.6 Å². The van der Waals surface area contributed by atoms with Crippen molar-refractivity contribution in [2.75, 3.05) is 24.5 Å². The van der Waals surface area contributed by atoms with Crippen LogP contribution in [0.25, 0.3) is 0 Å². The Kier molecular flexibility index (Phi) is 7.40. The first-order valence-corrected chi connectivity index (χ1v) is 13.2. The summed E-state index contributed by atoms with van der Waals surface area (Å²) in [6.45, 7) is 3.79. The topological polar surface area (TPSA) is 69.8 Å². The molecule has 3 N–H and O–H groups in total. The molecule has 5 rings (SSSR count). The van der Waals surface area contributed by atoms with E-state index in [1.807, 2.05) is 30.3 Å². The largest absolute Gasteiger partial charge is 0.385 e. The van der Waals surface area contributed by atoms with E-state index in [0.717, 1.165) is 36.8 Å². The smallest absolute Gasteiger partial charge is 0.240 e. The maximum Gasteiger partial charge on any atom is 0.240 e. The normalized spacial score (nSPS) is 23.5. The quantitative estimate of drug-likeness (QED) is 0.520. The summed E-state index contributed by atoms with van der Waals surface area (Å²) in [5.74, 6) is 0.372. The number of nitrogens with zero attached hydrogens (tertiary/aromatic N) is 2. The first-order valence-electron chi connectivity index (χ1n) is 13.2. The van der Waals surface area contributed by atoms with Gasteiger partial charge in [-0.1, -0.05) is 72.8 Å². The van der Waals surface area contributed by atoms with E-state index in [1.54, 1.807) is 0 Å². The summed E-state index contributed by atoms with van der Waals surface area (Å²) < 4.78 is 0. The highest BCUT2D eigenvalue weighted by Crippen LogP contribution is 2.38. The van der Waals surface area contributed by atoms with E-state index in [4.69, 9.17) is 5.73 Å². The number of benzene rings is 3. The van der Waals surface area contributed by atoms with Crippen molar-refractivity contribution in [2.45, 2.75) is 50.3 Å². The summed E-state index contributed by atoms with van der Waals surface area (Å²) in [6.07, 6.45) is 4.52. The summed E-state index contributed by atoms with van der Waals surface area (Å²) in [7, 11) is 0. The molecule has 0 bridgehead atoms. The number of rotatable bonds is 7. The second kappa shape index (κ2) is 10.9. The Morgan fingerprint density at radius 2 is 1.50 bits per heavy atom. The molecule has 2 unspecified atom stereocenters. The van der Waals surface area contributed by atoms with Crippen LogP contribution in [0.15, 0.2) is 84.9 Å². The second-order valence-electron chi connectivity index (χ2n) is 10.5. The van der Waals surface area contributed by atoms with Gasteiger partial charge in [0.05, 0.1) is 5.60 Å². The maximum absolute atomic E-state index is 12.4. The Labute approximate surface area is 214 Å². The Bertz CT molecular complexity index is 1130. The number of primary amides is 1. The molecule has 36 heavy (non-hydrogen) atoms. The fraction of sp³-hybridized carbons (Fsp3) is 0.387. The van der Waals surface area contributed by atoms with Gasteiger partial charge in [-0.25, -0.2) is 0 Å². The van der Waals surface area contributed by atoms with Gasteiger partial charge >= 0.3 is 0 Å². The number of piperidine rings is 2. The zero-order valence-corrected chi connectivity index (χ0v) is 20.9. The molecule has 3 aromatic carbocycles. The van der Waals surface area contributed by atoms with Crippen molar-refractivity contribution in [1.29, 1.82) is 0 Å². The molecule has 2 heterocycles. The zero-order valence-electron chi connectivity index (χ0n) is 20.9. The van der Waals surface area contributed by atoms with Crippen molar-refractivity contribution in [2.24, 2.45) is 11.7 Å². The van der Waals surface area contributed by atoms with E-state index < -0.39 is 17.6 Å². The van der Waals surface area contributed by atoms with Gasteiger partial charge in [0, 0.05) is 25.2 Å². The molecule has 0 aromatic heterocycles. The monoisotopic (exact) mass is 483 g/mol. The summed E-state index contributed by atoms with van der Waals surface area (Å²) in [5, 5.41) is 11.3. The maximum atomic E-state index is 12.4. The average molecular weight is 484 g/mol. The molecular weight excluding hydrogens is 446 g/mol. The van der Waals surface area contributed by atoms with E-state index in [2.05, 4.69) is 64.4 Å². The van der Waals surface area contributed by atoms with Gasteiger partial charge in [-0.2, -0.15) is 0 Å². The lowest BCUT2D eigenvalue weighted by Crippen LogP contribution is -2.54. The number of hydrogen-bond acceptors (Lipinski definition) is 4. The molecule has 1 amide bonds. The molecule has 3 aromatic rings. The lowest BCUT2D eigenvalue weighted by molar-refractivity contribution is -0.122. The second-order valence-corrected chi connectivity index (χ2v) is 10.5. The molecule has 0 radical (unpaired) electrons. The van der Waals surface area contributed by atoms with Gasteiger partial charge in [0.2, 0.25) is 5.91 Å². The van der Waals surface area contributed by atoms with Crippen LogP contribution in [0.3, 0.4) is 0 Å². The standard InChI is InChI=1S/C31H37N3O2/c32-30(35)29-22-31(36,27-9-5-2-6-10-27)17-20-34(29)28-13-11-26(12-14-28)23-33-18-15-25(16-19-33)21-24-7-3-1-4-8-24/h1-14,25,29,36H,15-23H2,(H2,32,35). The first-order chi connectivity index (χ1) is 17.5. The predicted octanol–water partition coefficient (Wildman–Crippen LogP) is 4.48. The number of hydrogen-bond donors (Lipinski definition) is 2. The van der Waals surface area contributed by atoms with Crippen molar-refractivity contribution >= 4 is 11.6 Å². The van der Waals surface area contributed by atoms with Crippen LogP contribution in [0.4, 0.5) is 5.69 Å². The number of anilines is 1. The van der Waals surface area contributed by atoms with Crippen molar-refractivity contribution in [3.05, 3.63) is 102 Å². The van der Waals surface area contributed by atoms with E-state index in [-0.39, 0.29) is 0 Å². The molecule has 0 saturated carbocycles. The summed E-state index contributed by atoms with van der Waals surface area (Å²) in [4.78, 5) is 17.0. The predicted molar refractivity (Wildman–Crippen MR) is 144 cm³/mol. The average Bonchev–Trinajstić information content (AvgIpc) is 2.91. The molecule has 2 saturated heterocycles. The lowest BCUT2D eigenvalue weighted by atomic mass is 9.80. The Morgan fingerprint density at radius 3 is 2.14 bits per heavy atom. The minimum Gasteiger partial charge on any atom is -0.385 e. The third kappa shape index (κ3) is 5.63. The fourth-order valence-corrected chi connectivity index (χ4v) is 5.91. The highest BCUT2D eigenvalue weighted by atomic mass is 16.3. The van der Waals surface area contributed by atoms with Gasteiger partial charge in [0.25, 0.3) is 0 Å². The molecule has 5 nitrogen and oxygen atoms in total. The lowest BCUT2D eigenvalue weighted by Gasteiger charge is -2.44. The highest BCUT2D eigenvalue weighted by molar-refractivity contribution is 5.84. The first kappa shape index (κ1) is 24.5. The van der Waals surface area contributed by atoms with Crippen molar-refractivity contribution in [3.63, 3.8) is 0 Å². The minimum absolute atomic E-state index is 0.298. The molecular formula is C31H37N3O2. The van der Waals surface area contributed by atoms with Gasteiger partial charge in [0.1, 0.15) is 6.04 Å². The van der Waals surface area contributed by atoms with Gasteiger partial charge in [-0.15, -0.1) is 0 Å². The van der Waals surface area contributed by atoms with Gasteiger partial charge < -0.3 is 15.7 Å². The van der Waals surface area contributed by atoms with Crippen LogP contribution in [0.1, 0.15) is 42.4 Å². The van der Waals surface area contributed by atoms with E-state index in [1.165, 1.54) is 30.4 Å². The van der Waals surface area contributed by atoms with Crippen LogP contribution in [0.5, 0.6) is 0 Å². The van der Waals surface area contributed by atoms with Gasteiger partial charge in [0.15, 0.2) is 0 Å². The highest BCUT2D eigenvalue weighted by Gasteiger charge is 2.42. The molecule has 2 aliphatic rings. The van der Waals surface area contributed by atoms with Gasteiger partial charge in [-0.3, -0.25) is 9.69 Å². The number of aliphatic hydroxyl groups is 1. The van der Waals surface area contributed by atoms with Crippen LogP contribution in [0, 0.1) is 5.92 Å². The molecule has 2 fully saturated rings. The zero-order chi connectivity index (χ0) is 25.0. The summed E-state index contributed by atoms with van der Waals surface area (Å²) in [6, 6.07) is 28.4. The molecule has 5 heteroatoms. The Morgan fingerprint density at radius 1 is 0.861 bits per heavy atom. The molecule has 2 aliphatic heterocycles. The van der Waals surface area contributed by atoms with Crippen molar-refractivity contribution < 1.29 is 9.90 Å². The van der Waals surface area contributed by atoms with Crippen LogP contribution >= 0.6 is 0 Å². The minimum atomic E-state index is -1.04. The molecule has 0 aliphatic carbocycles. The number of amides is 1. The number of likely N-dealkylation sites (tertiary alicyclic amines) is 1. The third-order valence-corrected chi connectivity index (χ3v) is 8.06. The van der Waals surface area contributed by atoms with Crippen LogP contribution < -0.4 is 10.6 Å². The summed E-state index contributed by atoms with van der Waals surface area (Å²) >= 11 is 0. The SMILES string of the molecule is NC(=O)C1CC(O)(c2ccccc2)CCN1c1ccc(CN2CCC(Cc3ccccc3)CC2)cc1. The summed E-state index contributed by atoms with van der Waals surface area (Å²) in [5.41, 5.74) is 9.33. The Balaban J connectivity index is 1.18. The van der Waals surface area contributed by atoms with Crippen LogP contribution in [-0.2, 0) is 23.4 Å². The molecule has 188 valence electrons.